The maximum atomic E-state index is 6.22. The summed E-state index contributed by atoms with van der Waals surface area (Å²) in [6.07, 6.45) is 3.59. The van der Waals surface area contributed by atoms with E-state index in [0.717, 1.165) is 17.4 Å². The van der Waals surface area contributed by atoms with Gasteiger partial charge in [-0.3, -0.25) is 0 Å². The molecule has 13 heavy (non-hydrogen) atoms. The van der Waals surface area contributed by atoms with E-state index < -0.39 is 0 Å². The van der Waals surface area contributed by atoms with Gasteiger partial charge < -0.3 is 0 Å². The lowest BCUT2D eigenvalue weighted by Gasteiger charge is -2.07. The third-order valence-corrected chi connectivity index (χ3v) is 3.24. The minimum absolute atomic E-state index is 0.321. The highest BCUT2D eigenvalue weighted by molar-refractivity contribution is 6.30. The molecular weight excluding hydrogens is 203 g/mol. The molecule has 0 aliphatic heterocycles. The zero-order valence-electron chi connectivity index (χ0n) is 7.34. The number of rotatable bonds is 3. The third-order valence-electron chi connectivity index (χ3n) is 2.48. The highest BCUT2D eigenvalue weighted by Crippen LogP contribution is 2.37. The van der Waals surface area contributed by atoms with Gasteiger partial charge in [0.1, 0.15) is 0 Å². The molecule has 1 aliphatic carbocycles. The van der Waals surface area contributed by atoms with Gasteiger partial charge in [0.25, 0.3) is 0 Å². The number of benzene rings is 1. The van der Waals surface area contributed by atoms with Crippen molar-refractivity contribution in [3.63, 3.8) is 0 Å². The standard InChI is InChI=1S/C11H12Cl2/c12-10-5-1-8(2-6-10)7-11(13)9-3-4-9/h1-2,5-6,9,11H,3-4,7H2. The van der Waals surface area contributed by atoms with Crippen molar-refractivity contribution in [3.8, 4) is 0 Å². The van der Waals surface area contributed by atoms with Crippen LogP contribution in [0.3, 0.4) is 0 Å². The molecule has 70 valence electrons. The van der Waals surface area contributed by atoms with Gasteiger partial charge in [0.15, 0.2) is 0 Å². The predicted molar refractivity (Wildman–Crippen MR) is 57.5 cm³/mol. The second-order valence-electron chi connectivity index (χ2n) is 3.68. The fraction of sp³-hybridized carbons (Fsp3) is 0.455. The molecule has 1 aliphatic rings. The Morgan fingerprint density at radius 1 is 1.23 bits per heavy atom. The molecular formula is C11H12Cl2. The minimum atomic E-state index is 0.321. The zero-order valence-corrected chi connectivity index (χ0v) is 8.85. The summed E-state index contributed by atoms with van der Waals surface area (Å²) in [7, 11) is 0. The van der Waals surface area contributed by atoms with Gasteiger partial charge >= 0.3 is 0 Å². The molecule has 0 aromatic heterocycles. The van der Waals surface area contributed by atoms with Gasteiger partial charge in [-0.1, -0.05) is 23.7 Å². The highest BCUT2D eigenvalue weighted by Gasteiger charge is 2.29. The molecule has 1 fully saturated rings. The van der Waals surface area contributed by atoms with Crippen LogP contribution in [0.25, 0.3) is 0 Å². The summed E-state index contributed by atoms with van der Waals surface area (Å²) in [6, 6.07) is 7.96. The maximum Gasteiger partial charge on any atom is 0.0406 e. The fourth-order valence-corrected chi connectivity index (χ4v) is 2.03. The van der Waals surface area contributed by atoms with E-state index in [0.29, 0.717) is 5.38 Å². The molecule has 2 heteroatoms. The van der Waals surface area contributed by atoms with Crippen molar-refractivity contribution >= 4 is 23.2 Å². The van der Waals surface area contributed by atoms with Crippen molar-refractivity contribution in [1.82, 2.24) is 0 Å². The Bertz CT molecular complexity index is 275. The van der Waals surface area contributed by atoms with Crippen molar-refractivity contribution in [3.05, 3.63) is 34.9 Å². The van der Waals surface area contributed by atoms with Crippen LogP contribution in [-0.2, 0) is 6.42 Å². The lowest BCUT2D eigenvalue weighted by atomic mass is 10.1. The summed E-state index contributed by atoms with van der Waals surface area (Å²) in [6.45, 7) is 0. The minimum Gasteiger partial charge on any atom is -0.122 e. The second-order valence-corrected chi connectivity index (χ2v) is 4.68. The van der Waals surface area contributed by atoms with Crippen molar-refractivity contribution in [2.45, 2.75) is 24.6 Å². The highest BCUT2D eigenvalue weighted by atomic mass is 35.5. The molecule has 1 unspecified atom stereocenters. The van der Waals surface area contributed by atoms with Crippen LogP contribution in [0, 0.1) is 5.92 Å². The molecule has 0 heterocycles. The molecule has 2 rings (SSSR count). The van der Waals surface area contributed by atoms with Crippen LogP contribution in [0.2, 0.25) is 5.02 Å². The molecule has 1 atom stereocenters. The van der Waals surface area contributed by atoms with E-state index in [4.69, 9.17) is 23.2 Å². The monoisotopic (exact) mass is 214 g/mol. The lowest BCUT2D eigenvalue weighted by molar-refractivity contribution is 0.737. The molecule has 0 saturated heterocycles. The lowest BCUT2D eigenvalue weighted by Crippen LogP contribution is -2.05. The number of hydrogen-bond donors (Lipinski definition) is 0. The van der Waals surface area contributed by atoms with Crippen molar-refractivity contribution in [2.24, 2.45) is 5.92 Å². The van der Waals surface area contributed by atoms with Crippen LogP contribution in [0.4, 0.5) is 0 Å². The van der Waals surface area contributed by atoms with E-state index in [1.54, 1.807) is 0 Å². The Labute approximate surface area is 88.9 Å². The summed E-state index contributed by atoms with van der Waals surface area (Å²) in [5, 5.41) is 1.11. The molecule has 1 saturated carbocycles. The van der Waals surface area contributed by atoms with Gasteiger partial charge in [-0.15, -0.1) is 11.6 Å². The Hall–Kier alpha value is -0.200. The molecule has 0 N–H and O–H groups in total. The summed E-state index contributed by atoms with van der Waals surface area (Å²) < 4.78 is 0. The molecule has 1 aromatic rings. The van der Waals surface area contributed by atoms with Crippen LogP contribution < -0.4 is 0 Å². The van der Waals surface area contributed by atoms with Crippen LogP contribution in [0.1, 0.15) is 18.4 Å². The van der Waals surface area contributed by atoms with E-state index in [1.165, 1.54) is 18.4 Å². The zero-order chi connectivity index (χ0) is 9.26. The first kappa shape index (κ1) is 9.36. The summed E-state index contributed by atoms with van der Waals surface area (Å²) in [4.78, 5) is 0. The van der Waals surface area contributed by atoms with Gasteiger partial charge in [0, 0.05) is 10.4 Å². The molecule has 0 radical (unpaired) electrons. The van der Waals surface area contributed by atoms with E-state index in [9.17, 15) is 0 Å². The Morgan fingerprint density at radius 3 is 2.38 bits per heavy atom. The van der Waals surface area contributed by atoms with Crippen LogP contribution in [-0.4, -0.2) is 5.38 Å². The van der Waals surface area contributed by atoms with Gasteiger partial charge in [-0.25, -0.2) is 0 Å². The van der Waals surface area contributed by atoms with E-state index in [-0.39, 0.29) is 0 Å². The van der Waals surface area contributed by atoms with E-state index in [1.807, 2.05) is 12.1 Å². The van der Waals surface area contributed by atoms with Gasteiger partial charge in [0.05, 0.1) is 0 Å². The average Bonchev–Trinajstić information content (AvgIpc) is 2.91. The Kier molecular flexibility index (Phi) is 2.80. The van der Waals surface area contributed by atoms with Crippen LogP contribution in [0.15, 0.2) is 24.3 Å². The number of alkyl halides is 1. The fourth-order valence-electron chi connectivity index (χ4n) is 1.47. The largest absolute Gasteiger partial charge is 0.122 e. The van der Waals surface area contributed by atoms with Crippen LogP contribution in [0.5, 0.6) is 0 Å². The molecule has 0 spiro atoms. The van der Waals surface area contributed by atoms with Crippen molar-refractivity contribution in [2.75, 3.05) is 0 Å². The SMILES string of the molecule is Clc1ccc(CC(Cl)C2CC2)cc1. The summed E-state index contributed by atoms with van der Waals surface area (Å²) in [5.74, 6) is 0.761. The summed E-state index contributed by atoms with van der Waals surface area (Å²) in [5.41, 5.74) is 1.29. The Balaban J connectivity index is 1.96. The van der Waals surface area contributed by atoms with Gasteiger partial charge in [-0.05, 0) is 42.9 Å². The van der Waals surface area contributed by atoms with Crippen molar-refractivity contribution < 1.29 is 0 Å². The molecule has 0 bridgehead atoms. The average molecular weight is 215 g/mol. The predicted octanol–water partition coefficient (Wildman–Crippen LogP) is 3.90. The topological polar surface area (TPSA) is 0 Å². The van der Waals surface area contributed by atoms with Crippen LogP contribution >= 0.6 is 23.2 Å². The van der Waals surface area contributed by atoms with Gasteiger partial charge in [0.2, 0.25) is 0 Å². The quantitative estimate of drug-likeness (QED) is 0.670. The third kappa shape index (κ3) is 2.62. The number of halogens is 2. The normalized spacial score (nSPS) is 18.6. The number of hydrogen-bond acceptors (Lipinski definition) is 0. The van der Waals surface area contributed by atoms with Crippen molar-refractivity contribution in [1.29, 1.82) is 0 Å². The first-order valence-electron chi connectivity index (χ1n) is 4.64. The molecule has 1 aromatic carbocycles. The van der Waals surface area contributed by atoms with Gasteiger partial charge in [-0.2, -0.15) is 0 Å². The van der Waals surface area contributed by atoms with E-state index >= 15 is 0 Å². The van der Waals surface area contributed by atoms with E-state index in [2.05, 4.69) is 12.1 Å². The smallest absolute Gasteiger partial charge is 0.0406 e. The molecule has 0 amide bonds. The second kappa shape index (κ2) is 3.89. The maximum absolute atomic E-state index is 6.22. The molecule has 0 nitrogen and oxygen atoms in total. The Morgan fingerprint density at radius 2 is 1.85 bits per heavy atom. The summed E-state index contributed by atoms with van der Waals surface area (Å²) >= 11 is 12.0. The first-order chi connectivity index (χ1) is 6.25. The first-order valence-corrected chi connectivity index (χ1v) is 5.45.